The first-order valence-electron chi connectivity index (χ1n) is 4.36. The molecule has 0 aliphatic rings. The van der Waals surface area contributed by atoms with Crippen LogP contribution in [0.1, 0.15) is 18.9 Å². The molecular formula is C10H15NO2. The van der Waals surface area contributed by atoms with Gasteiger partial charge in [-0.05, 0) is 43.5 Å². The number of hydrogen-bond acceptors (Lipinski definition) is 3. The molecule has 0 fully saturated rings. The first-order chi connectivity index (χ1) is 6.09. The van der Waals surface area contributed by atoms with Crippen molar-refractivity contribution in [2.45, 2.75) is 25.8 Å². The molecule has 3 heteroatoms. The number of phenolic OH excluding ortho intramolecular Hbond substituents is 2. The van der Waals surface area contributed by atoms with Gasteiger partial charge in [0.1, 0.15) is 11.5 Å². The fraction of sp³-hybridized carbons (Fsp3) is 0.400. The van der Waals surface area contributed by atoms with Crippen molar-refractivity contribution in [1.29, 1.82) is 0 Å². The lowest BCUT2D eigenvalue weighted by Crippen LogP contribution is -2.15. The van der Waals surface area contributed by atoms with Crippen LogP contribution in [-0.2, 0) is 6.42 Å². The number of hydrogen-bond donors (Lipinski definition) is 3. The van der Waals surface area contributed by atoms with Crippen LogP contribution in [0.15, 0.2) is 18.2 Å². The van der Waals surface area contributed by atoms with Crippen LogP contribution in [0.3, 0.4) is 0 Å². The topological polar surface area (TPSA) is 66.5 Å². The van der Waals surface area contributed by atoms with Crippen molar-refractivity contribution in [2.24, 2.45) is 5.73 Å². The molecule has 13 heavy (non-hydrogen) atoms. The van der Waals surface area contributed by atoms with Crippen molar-refractivity contribution in [3.8, 4) is 11.5 Å². The van der Waals surface area contributed by atoms with E-state index in [0.717, 1.165) is 12.0 Å². The molecule has 0 amide bonds. The Balaban J connectivity index is 2.70. The summed E-state index contributed by atoms with van der Waals surface area (Å²) in [6.07, 6.45) is 1.49. The molecule has 0 radical (unpaired) electrons. The normalized spacial score (nSPS) is 12.8. The smallest absolute Gasteiger partial charge is 0.119 e. The zero-order valence-corrected chi connectivity index (χ0v) is 7.70. The van der Waals surface area contributed by atoms with Gasteiger partial charge in [-0.25, -0.2) is 0 Å². The fourth-order valence-electron chi connectivity index (χ4n) is 1.16. The summed E-state index contributed by atoms with van der Waals surface area (Å²) in [4.78, 5) is 0. The predicted molar refractivity (Wildman–Crippen MR) is 51.7 cm³/mol. The van der Waals surface area contributed by atoms with Gasteiger partial charge in [-0.1, -0.05) is 0 Å². The molecule has 72 valence electrons. The number of aryl methyl sites for hydroxylation is 1. The fourth-order valence-corrected chi connectivity index (χ4v) is 1.16. The number of benzene rings is 1. The van der Waals surface area contributed by atoms with Crippen LogP contribution >= 0.6 is 0 Å². The van der Waals surface area contributed by atoms with Gasteiger partial charge < -0.3 is 15.9 Å². The third kappa shape index (κ3) is 2.95. The summed E-state index contributed by atoms with van der Waals surface area (Å²) >= 11 is 0. The van der Waals surface area contributed by atoms with E-state index in [1.54, 1.807) is 6.07 Å². The molecule has 0 saturated heterocycles. The Kier molecular flexibility index (Phi) is 3.14. The van der Waals surface area contributed by atoms with Crippen LogP contribution in [0.4, 0.5) is 0 Å². The first-order valence-corrected chi connectivity index (χ1v) is 4.36. The van der Waals surface area contributed by atoms with E-state index in [1.165, 1.54) is 12.1 Å². The van der Waals surface area contributed by atoms with Crippen LogP contribution in [-0.4, -0.2) is 16.3 Å². The molecule has 1 aromatic carbocycles. The molecule has 0 aliphatic carbocycles. The number of nitrogens with two attached hydrogens (primary N) is 1. The highest BCUT2D eigenvalue weighted by atomic mass is 16.3. The molecule has 1 atom stereocenters. The molecule has 0 aliphatic heterocycles. The minimum atomic E-state index is 0.113. The summed E-state index contributed by atoms with van der Waals surface area (Å²) in [6.45, 7) is 1.92. The van der Waals surface area contributed by atoms with Gasteiger partial charge in [0.25, 0.3) is 0 Å². The maximum absolute atomic E-state index is 9.40. The molecule has 0 unspecified atom stereocenters. The third-order valence-electron chi connectivity index (χ3n) is 1.93. The SMILES string of the molecule is C[C@@H](N)CCc1cc(O)ccc1O. The minimum absolute atomic E-state index is 0.113. The average molecular weight is 181 g/mol. The largest absolute Gasteiger partial charge is 0.508 e. The Labute approximate surface area is 77.8 Å². The standard InChI is InChI=1S/C10H15NO2/c1-7(11)2-3-8-6-9(12)4-5-10(8)13/h4-7,12-13H,2-3,11H2,1H3/t7-/m1/s1. The molecule has 0 saturated carbocycles. The molecule has 1 aromatic rings. The van der Waals surface area contributed by atoms with E-state index in [2.05, 4.69) is 0 Å². The second kappa shape index (κ2) is 4.14. The lowest BCUT2D eigenvalue weighted by molar-refractivity contribution is 0.452. The van der Waals surface area contributed by atoms with E-state index in [9.17, 15) is 5.11 Å². The van der Waals surface area contributed by atoms with E-state index in [1.807, 2.05) is 6.92 Å². The summed E-state index contributed by atoms with van der Waals surface area (Å²) in [5.74, 6) is 0.399. The molecule has 4 N–H and O–H groups in total. The zero-order chi connectivity index (χ0) is 9.84. The van der Waals surface area contributed by atoms with E-state index in [-0.39, 0.29) is 17.5 Å². The number of phenols is 2. The Hall–Kier alpha value is -1.22. The highest BCUT2D eigenvalue weighted by Gasteiger charge is 2.03. The second-order valence-electron chi connectivity index (χ2n) is 3.33. The number of rotatable bonds is 3. The lowest BCUT2D eigenvalue weighted by Gasteiger charge is -2.07. The third-order valence-corrected chi connectivity index (χ3v) is 1.93. The Morgan fingerprint density at radius 1 is 1.38 bits per heavy atom. The van der Waals surface area contributed by atoms with Crippen molar-refractivity contribution in [1.82, 2.24) is 0 Å². The lowest BCUT2D eigenvalue weighted by atomic mass is 10.1. The van der Waals surface area contributed by atoms with Gasteiger partial charge in [-0.15, -0.1) is 0 Å². The van der Waals surface area contributed by atoms with E-state index in [4.69, 9.17) is 10.8 Å². The molecule has 1 rings (SSSR count). The second-order valence-corrected chi connectivity index (χ2v) is 3.33. The summed E-state index contributed by atoms with van der Waals surface area (Å²) in [5.41, 5.74) is 6.33. The predicted octanol–water partition coefficient (Wildman–Crippen LogP) is 1.38. The van der Waals surface area contributed by atoms with Crippen molar-refractivity contribution in [3.05, 3.63) is 23.8 Å². The highest BCUT2D eigenvalue weighted by molar-refractivity contribution is 5.38. The van der Waals surface area contributed by atoms with Crippen molar-refractivity contribution in [3.63, 3.8) is 0 Å². The summed E-state index contributed by atoms with van der Waals surface area (Å²) in [5, 5.41) is 18.6. The Morgan fingerprint density at radius 3 is 2.69 bits per heavy atom. The monoisotopic (exact) mass is 181 g/mol. The van der Waals surface area contributed by atoms with Gasteiger partial charge in [0.15, 0.2) is 0 Å². The molecular weight excluding hydrogens is 166 g/mol. The van der Waals surface area contributed by atoms with Crippen molar-refractivity contribution in [2.75, 3.05) is 0 Å². The van der Waals surface area contributed by atoms with E-state index >= 15 is 0 Å². The maximum atomic E-state index is 9.40. The minimum Gasteiger partial charge on any atom is -0.508 e. The Bertz CT molecular complexity index is 284. The molecule has 0 spiro atoms. The Morgan fingerprint density at radius 2 is 2.08 bits per heavy atom. The average Bonchev–Trinajstić information content (AvgIpc) is 2.06. The highest BCUT2D eigenvalue weighted by Crippen LogP contribution is 2.23. The van der Waals surface area contributed by atoms with Gasteiger partial charge in [0.2, 0.25) is 0 Å². The van der Waals surface area contributed by atoms with Gasteiger partial charge in [-0.2, -0.15) is 0 Å². The van der Waals surface area contributed by atoms with Crippen LogP contribution in [0, 0.1) is 0 Å². The summed E-state index contributed by atoms with van der Waals surface area (Å²) in [6, 6.07) is 4.63. The van der Waals surface area contributed by atoms with Crippen LogP contribution < -0.4 is 5.73 Å². The molecule has 0 bridgehead atoms. The van der Waals surface area contributed by atoms with Gasteiger partial charge in [0, 0.05) is 6.04 Å². The quantitative estimate of drug-likeness (QED) is 0.617. The van der Waals surface area contributed by atoms with E-state index in [0.29, 0.717) is 6.42 Å². The molecule has 0 aromatic heterocycles. The van der Waals surface area contributed by atoms with Crippen LogP contribution in [0.5, 0.6) is 11.5 Å². The van der Waals surface area contributed by atoms with Gasteiger partial charge >= 0.3 is 0 Å². The maximum Gasteiger partial charge on any atom is 0.119 e. The number of aromatic hydroxyl groups is 2. The van der Waals surface area contributed by atoms with Crippen LogP contribution in [0.2, 0.25) is 0 Å². The van der Waals surface area contributed by atoms with E-state index < -0.39 is 0 Å². The summed E-state index contributed by atoms with van der Waals surface area (Å²) < 4.78 is 0. The molecule has 0 heterocycles. The van der Waals surface area contributed by atoms with Crippen LogP contribution in [0.25, 0.3) is 0 Å². The van der Waals surface area contributed by atoms with Crippen molar-refractivity contribution >= 4 is 0 Å². The van der Waals surface area contributed by atoms with Crippen molar-refractivity contribution < 1.29 is 10.2 Å². The first kappa shape index (κ1) is 9.86. The van der Waals surface area contributed by atoms with Gasteiger partial charge in [-0.3, -0.25) is 0 Å². The summed E-state index contributed by atoms with van der Waals surface area (Å²) in [7, 11) is 0. The zero-order valence-electron chi connectivity index (χ0n) is 7.70. The molecule has 3 nitrogen and oxygen atoms in total. The van der Waals surface area contributed by atoms with Gasteiger partial charge in [0.05, 0.1) is 0 Å².